The largest absolute Gasteiger partial charge is 0.480 e. The zero-order chi connectivity index (χ0) is 19.8. The Hall–Kier alpha value is -3.61. The summed E-state index contributed by atoms with van der Waals surface area (Å²) in [7, 11) is 0. The van der Waals surface area contributed by atoms with Crippen LogP contribution in [-0.4, -0.2) is 33.0 Å². The minimum atomic E-state index is -1.14. The highest BCUT2D eigenvalue weighted by atomic mass is 16.5. The van der Waals surface area contributed by atoms with Gasteiger partial charge in [0.2, 0.25) is 0 Å². The van der Waals surface area contributed by atoms with E-state index in [0.29, 0.717) is 12.2 Å². The fraction of sp³-hybridized carbons (Fsp3) is 0.190. The highest BCUT2D eigenvalue weighted by Gasteiger charge is 2.22. The van der Waals surface area contributed by atoms with Gasteiger partial charge in [0, 0.05) is 12.6 Å². The van der Waals surface area contributed by atoms with Gasteiger partial charge >= 0.3 is 12.1 Å². The quantitative estimate of drug-likeness (QED) is 0.628. The lowest BCUT2D eigenvalue weighted by Gasteiger charge is -2.13. The highest BCUT2D eigenvalue weighted by molar-refractivity contribution is 5.80. The summed E-state index contributed by atoms with van der Waals surface area (Å²) in [5, 5.41) is 16.2. The monoisotopic (exact) mass is 379 g/mol. The van der Waals surface area contributed by atoms with E-state index in [-0.39, 0.29) is 13.0 Å². The molecule has 144 valence electrons. The number of carboxylic acid groups (broad SMARTS) is 1. The Morgan fingerprint density at radius 2 is 1.64 bits per heavy atom. The lowest BCUT2D eigenvalue weighted by Crippen LogP contribution is -2.42. The van der Waals surface area contributed by atoms with Crippen molar-refractivity contribution in [3.63, 3.8) is 0 Å². The maximum Gasteiger partial charge on any atom is 0.408 e. The Balaban J connectivity index is 1.54. The van der Waals surface area contributed by atoms with Crippen molar-refractivity contribution in [3.8, 4) is 0 Å². The molecule has 1 heterocycles. The standard InChI is InChI=1S/C21H21N3O4/c25-20(26)19(22-21(27)28-15-17-9-5-2-6-10-17)13-18-11-12-24(23-18)14-16-7-3-1-4-8-16/h1-12,19H,13-15H2,(H,22,27)(H,25,26)/t19-/m0/s1. The van der Waals surface area contributed by atoms with Gasteiger partial charge in [0.1, 0.15) is 12.6 Å². The van der Waals surface area contributed by atoms with Crippen LogP contribution in [0.2, 0.25) is 0 Å². The molecule has 1 atom stereocenters. The van der Waals surface area contributed by atoms with E-state index in [0.717, 1.165) is 11.1 Å². The minimum absolute atomic E-state index is 0.0670. The minimum Gasteiger partial charge on any atom is -0.480 e. The molecule has 0 radical (unpaired) electrons. The number of alkyl carbamates (subject to hydrolysis) is 1. The third-order valence-electron chi connectivity index (χ3n) is 4.10. The number of aromatic nitrogens is 2. The molecule has 28 heavy (non-hydrogen) atoms. The van der Waals surface area contributed by atoms with Gasteiger partial charge in [-0.3, -0.25) is 4.68 Å². The molecule has 0 bridgehead atoms. The first-order chi connectivity index (χ1) is 13.6. The number of nitrogens with zero attached hydrogens (tertiary/aromatic N) is 2. The Labute approximate surface area is 162 Å². The van der Waals surface area contributed by atoms with Crippen LogP contribution in [0.25, 0.3) is 0 Å². The van der Waals surface area contributed by atoms with Gasteiger partial charge in [0.05, 0.1) is 12.2 Å². The van der Waals surface area contributed by atoms with Crippen LogP contribution in [0.5, 0.6) is 0 Å². The van der Waals surface area contributed by atoms with E-state index < -0.39 is 18.1 Å². The van der Waals surface area contributed by atoms with E-state index >= 15 is 0 Å². The first kappa shape index (κ1) is 19.2. The van der Waals surface area contributed by atoms with E-state index in [4.69, 9.17) is 4.74 Å². The summed E-state index contributed by atoms with van der Waals surface area (Å²) in [6.07, 6.45) is 1.08. The van der Waals surface area contributed by atoms with Gasteiger partial charge in [-0.05, 0) is 17.2 Å². The van der Waals surface area contributed by atoms with Gasteiger partial charge in [0.25, 0.3) is 0 Å². The molecule has 3 rings (SSSR count). The van der Waals surface area contributed by atoms with Gasteiger partial charge in [0.15, 0.2) is 0 Å². The molecule has 0 saturated heterocycles. The number of carbonyl (C=O) groups excluding carboxylic acids is 1. The number of nitrogens with one attached hydrogen (secondary N) is 1. The van der Waals surface area contributed by atoms with Crippen molar-refractivity contribution in [3.05, 3.63) is 89.7 Å². The molecule has 0 spiro atoms. The number of aliphatic carboxylic acids is 1. The number of rotatable bonds is 8. The van der Waals surface area contributed by atoms with Crippen LogP contribution in [0, 0.1) is 0 Å². The van der Waals surface area contributed by atoms with E-state index in [1.54, 1.807) is 16.9 Å². The van der Waals surface area contributed by atoms with Gasteiger partial charge in [-0.15, -0.1) is 0 Å². The predicted molar refractivity (Wildman–Crippen MR) is 103 cm³/mol. The number of amides is 1. The molecule has 7 nitrogen and oxygen atoms in total. The van der Waals surface area contributed by atoms with Crippen LogP contribution in [0.1, 0.15) is 16.8 Å². The van der Waals surface area contributed by atoms with Crippen molar-refractivity contribution in [2.45, 2.75) is 25.6 Å². The van der Waals surface area contributed by atoms with Gasteiger partial charge < -0.3 is 15.2 Å². The first-order valence-corrected chi connectivity index (χ1v) is 8.86. The highest BCUT2D eigenvalue weighted by Crippen LogP contribution is 2.06. The summed E-state index contributed by atoms with van der Waals surface area (Å²) >= 11 is 0. The summed E-state index contributed by atoms with van der Waals surface area (Å²) in [6.45, 7) is 0.663. The molecule has 0 fully saturated rings. The van der Waals surface area contributed by atoms with Gasteiger partial charge in [-0.25, -0.2) is 9.59 Å². The third-order valence-corrected chi connectivity index (χ3v) is 4.10. The molecule has 0 saturated carbocycles. The van der Waals surface area contributed by atoms with E-state index in [9.17, 15) is 14.7 Å². The fourth-order valence-corrected chi connectivity index (χ4v) is 2.69. The van der Waals surface area contributed by atoms with Crippen molar-refractivity contribution >= 4 is 12.1 Å². The zero-order valence-corrected chi connectivity index (χ0v) is 15.2. The van der Waals surface area contributed by atoms with Crippen LogP contribution in [0.4, 0.5) is 4.79 Å². The smallest absolute Gasteiger partial charge is 0.408 e. The fourth-order valence-electron chi connectivity index (χ4n) is 2.69. The molecule has 0 unspecified atom stereocenters. The van der Waals surface area contributed by atoms with Crippen LogP contribution < -0.4 is 5.32 Å². The van der Waals surface area contributed by atoms with Gasteiger partial charge in [-0.2, -0.15) is 5.10 Å². The maximum absolute atomic E-state index is 11.9. The average Bonchev–Trinajstić information content (AvgIpc) is 3.14. The number of carbonyl (C=O) groups is 2. The number of hydrogen-bond donors (Lipinski definition) is 2. The summed E-state index contributed by atoms with van der Waals surface area (Å²) in [4.78, 5) is 23.5. The molecule has 0 aliphatic rings. The van der Waals surface area contributed by atoms with Crippen molar-refractivity contribution in [2.24, 2.45) is 0 Å². The second-order valence-electron chi connectivity index (χ2n) is 6.29. The van der Waals surface area contributed by atoms with E-state index in [1.807, 2.05) is 60.7 Å². The molecule has 2 N–H and O–H groups in total. The molecule has 0 aliphatic heterocycles. The van der Waals surface area contributed by atoms with Crippen LogP contribution in [-0.2, 0) is 29.1 Å². The summed E-state index contributed by atoms with van der Waals surface area (Å²) < 4.78 is 6.83. The number of carboxylic acids is 1. The Kier molecular flexibility index (Phi) is 6.41. The summed E-state index contributed by atoms with van der Waals surface area (Å²) in [6, 6.07) is 19.6. The number of benzene rings is 2. The summed E-state index contributed by atoms with van der Waals surface area (Å²) in [5.41, 5.74) is 2.49. The second kappa shape index (κ2) is 9.36. The lowest BCUT2D eigenvalue weighted by molar-refractivity contribution is -0.139. The molecular weight excluding hydrogens is 358 g/mol. The van der Waals surface area contributed by atoms with E-state index in [2.05, 4.69) is 10.4 Å². The Bertz CT molecular complexity index is 910. The molecule has 0 aliphatic carbocycles. The number of hydrogen-bond acceptors (Lipinski definition) is 4. The predicted octanol–water partition coefficient (Wildman–Crippen LogP) is 2.85. The topological polar surface area (TPSA) is 93.5 Å². The first-order valence-electron chi connectivity index (χ1n) is 8.86. The second-order valence-corrected chi connectivity index (χ2v) is 6.29. The third kappa shape index (κ3) is 5.70. The van der Waals surface area contributed by atoms with Crippen molar-refractivity contribution in [1.29, 1.82) is 0 Å². The van der Waals surface area contributed by atoms with Crippen LogP contribution >= 0.6 is 0 Å². The molecular formula is C21H21N3O4. The van der Waals surface area contributed by atoms with E-state index in [1.165, 1.54) is 0 Å². The SMILES string of the molecule is O=C(N[C@@H](Cc1ccn(Cc2ccccc2)n1)C(=O)O)OCc1ccccc1. The lowest BCUT2D eigenvalue weighted by atomic mass is 10.1. The zero-order valence-electron chi connectivity index (χ0n) is 15.2. The Morgan fingerprint density at radius 3 is 2.29 bits per heavy atom. The van der Waals surface area contributed by atoms with Gasteiger partial charge in [-0.1, -0.05) is 60.7 Å². The summed E-state index contributed by atoms with van der Waals surface area (Å²) in [5.74, 6) is -1.14. The molecule has 1 aromatic heterocycles. The molecule has 2 aromatic carbocycles. The van der Waals surface area contributed by atoms with Crippen molar-refractivity contribution in [2.75, 3.05) is 0 Å². The van der Waals surface area contributed by atoms with Crippen LogP contribution in [0.15, 0.2) is 72.9 Å². The number of ether oxygens (including phenoxy) is 1. The average molecular weight is 379 g/mol. The Morgan fingerprint density at radius 1 is 1.00 bits per heavy atom. The van der Waals surface area contributed by atoms with Crippen LogP contribution in [0.3, 0.4) is 0 Å². The van der Waals surface area contributed by atoms with Crippen molar-refractivity contribution in [1.82, 2.24) is 15.1 Å². The maximum atomic E-state index is 11.9. The molecule has 1 amide bonds. The molecule has 7 heteroatoms. The molecule has 3 aromatic rings. The van der Waals surface area contributed by atoms with Crippen molar-refractivity contribution < 1.29 is 19.4 Å². The normalized spacial score (nSPS) is 11.6.